The summed E-state index contributed by atoms with van der Waals surface area (Å²) in [5.41, 5.74) is 3.42. The molecule has 7 heteroatoms. The summed E-state index contributed by atoms with van der Waals surface area (Å²) in [5.74, 6) is 0.741. The minimum atomic E-state index is -0.810. The van der Waals surface area contributed by atoms with Crippen molar-refractivity contribution in [2.24, 2.45) is 0 Å². The summed E-state index contributed by atoms with van der Waals surface area (Å²) in [6, 6.07) is 10.5. The number of carbonyl (C=O) groups excluding carboxylic acids is 2. The third-order valence-corrected chi connectivity index (χ3v) is 5.96. The van der Waals surface area contributed by atoms with Gasteiger partial charge in [0.15, 0.2) is 11.5 Å². The number of methoxy groups -OCH3 is 2. The van der Waals surface area contributed by atoms with E-state index < -0.39 is 11.6 Å². The minimum absolute atomic E-state index is 0.205. The van der Waals surface area contributed by atoms with E-state index in [0.29, 0.717) is 17.1 Å². The summed E-state index contributed by atoms with van der Waals surface area (Å²) in [5, 5.41) is 3.98. The molecule has 0 spiro atoms. The zero-order chi connectivity index (χ0) is 24.6. The van der Waals surface area contributed by atoms with Gasteiger partial charge in [-0.25, -0.2) is 0 Å². The van der Waals surface area contributed by atoms with Crippen molar-refractivity contribution in [1.29, 1.82) is 0 Å². The second-order valence-electron chi connectivity index (χ2n) is 9.44. The van der Waals surface area contributed by atoms with Crippen LogP contribution >= 0.6 is 0 Å². The van der Waals surface area contributed by atoms with Crippen molar-refractivity contribution in [1.82, 2.24) is 15.2 Å². The number of rotatable bonds is 5. The first-order chi connectivity index (χ1) is 16.2. The maximum atomic E-state index is 14.0. The number of amides is 2. The van der Waals surface area contributed by atoms with Crippen LogP contribution in [-0.4, -0.2) is 41.5 Å². The van der Waals surface area contributed by atoms with Gasteiger partial charge in [0.1, 0.15) is 6.04 Å². The summed E-state index contributed by atoms with van der Waals surface area (Å²) >= 11 is 0. The van der Waals surface area contributed by atoms with Crippen molar-refractivity contribution in [2.45, 2.75) is 45.8 Å². The van der Waals surface area contributed by atoms with Gasteiger partial charge in [-0.1, -0.05) is 24.3 Å². The summed E-state index contributed by atoms with van der Waals surface area (Å²) < 4.78 is 10.8. The Balaban J connectivity index is 1.89. The Bertz CT molecular complexity index is 1280. The van der Waals surface area contributed by atoms with E-state index in [1.54, 1.807) is 19.1 Å². The molecule has 0 saturated heterocycles. The van der Waals surface area contributed by atoms with E-state index in [-0.39, 0.29) is 18.4 Å². The number of benzene rings is 2. The van der Waals surface area contributed by atoms with E-state index in [2.05, 4.69) is 10.3 Å². The lowest BCUT2D eigenvalue weighted by molar-refractivity contribution is -0.138. The lowest BCUT2D eigenvalue weighted by Gasteiger charge is -2.33. The highest BCUT2D eigenvalue weighted by Crippen LogP contribution is 2.40. The molecule has 34 heavy (non-hydrogen) atoms. The van der Waals surface area contributed by atoms with Gasteiger partial charge < -0.3 is 24.7 Å². The molecule has 1 atom stereocenters. The molecule has 0 saturated carbocycles. The molecule has 7 nitrogen and oxygen atoms in total. The van der Waals surface area contributed by atoms with Crippen molar-refractivity contribution in [3.8, 4) is 11.5 Å². The van der Waals surface area contributed by atoms with Gasteiger partial charge in [-0.05, 0) is 57.0 Å². The van der Waals surface area contributed by atoms with Crippen molar-refractivity contribution in [3.63, 3.8) is 0 Å². The first-order valence-corrected chi connectivity index (χ1v) is 11.3. The zero-order valence-corrected chi connectivity index (χ0v) is 20.5. The predicted molar refractivity (Wildman–Crippen MR) is 133 cm³/mol. The number of ether oxygens (including phenoxy) is 2. The minimum Gasteiger partial charge on any atom is -0.493 e. The summed E-state index contributed by atoms with van der Waals surface area (Å²) in [7, 11) is 3.15. The lowest BCUT2D eigenvalue weighted by atomic mass is 9.97. The average Bonchev–Trinajstić information content (AvgIpc) is 3.18. The van der Waals surface area contributed by atoms with Crippen LogP contribution in [0.5, 0.6) is 11.5 Å². The molecule has 2 heterocycles. The molecule has 1 aromatic heterocycles. The van der Waals surface area contributed by atoms with Crippen LogP contribution in [0.25, 0.3) is 16.5 Å². The molecule has 0 radical (unpaired) electrons. The average molecular weight is 462 g/mol. The molecule has 3 aromatic rings. The van der Waals surface area contributed by atoms with E-state index >= 15 is 0 Å². The third-order valence-electron chi connectivity index (χ3n) is 5.96. The van der Waals surface area contributed by atoms with E-state index in [1.165, 1.54) is 0 Å². The monoisotopic (exact) mass is 461 g/mol. The van der Waals surface area contributed by atoms with Gasteiger partial charge in [-0.2, -0.15) is 0 Å². The number of nitrogens with zero attached hydrogens (tertiary/aromatic N) is 1. The fourth-order valence-electron chi connectivity index (χ4n) is 4.55. The first-order valence-electron chi connectivity index (χ1n) is 11.3. The largest absolute Gasteiger partial charge is 0.493 e. The van der Waals surface area contributed by atoms with Gasteiger partial charge in [0.2, 0.25) is 5.91 Å². The van der Waals surface area contributed by atoms with E-state index in [4.69, 9.17) is 9.47 Å². The molecule has 1 aliphatic heterocycles. The normalized spacial score (nSPS) is 17.1. The van der Waals surface area contributed by atoms with Gasteiger partial charge in [-0.15, -0.1) is 0 Å². The number of hydrogen-bond acceptors (Lipinski definition) is 4. The molecular weight excluding hydrogens is 430 g/mol. The van der Waals surface area contributed by atoms with E-state index in [1.807, 2.05) is 76.4 Å². The number of H-pyrrole nitrogens is 1. The summed E-state index contributed by atoms with van der Waals surface area (Å²) in [4.78, 5) is 32.6. The summed E-state index contributed by atoms with van der Waals surface area (Å²) in [6.07, 6.45) is 3.66. The van der Waals surface area contributed by atoms with Crippen molar-refractivity contribution in [2.75, 3.05) is 14.2 Å². The van der Waals surface area contributed by atoms with Crippen LogP contribution in [0.3, 0.4) is 0 Å². The zero-order valence-electron chi connectivity index (χ0n) is 20.5. The highest BCUT2D eigenvalue weighted by Gasteiger charge is 2.39. The van der Waals surface area contributed by atoms with Crippen molar-refractivity contribution >= 4 is 28.3 Å². The SMILES string of the molecule is C/C=C1/C(=O)N(Cc2ccc(OC)c(OC)c2)C(C(=O)NC(C)(C)C)c2cccc3[nH]cc1c23. The third kappa shape index (κ3) is 4.14. The Morgan fingerprint density at radius 3 is 2.53 bits per heavy atom. The van der Waals surface area contributed by atoms with Crippen molar-refractivity contribution < 1.29 is 19.1 Å². The predicted octanol–water partition coefficient (Wildman–Crippen LogP) is 4.59. The Kier molecular flexibility index (Phi) is 6.13. The fourth-order valence-corrected chi connectivity index (χ4v) is 4.55. The maximum absolute atomic E-state index is 14.0. The fraction of sp³-hybridized carbons (Fsp3) is 0.333. The number of allylic oxidation sites excluding steroid dienone is 1. The van der Waals surface area contributed by atoms with Crippen LogP contribution in [0.1, 0.15) is 50.4 Å². The number of nitrogens with one attached hydrogen (secondary N) is 2. The molecule has 0 bridgehead atoms. The van der Waals surface area contributed by atoms with Crippen LogP contribution in [-0.2, 0) is 16.1 Å². The quantitative estimate of drug-likeness (QED) is 0.545. The standard InChI is InChI=1S/C27H31N3O4/c1-7-17-19-14-28-20-10-8-9-18(23(19)20)24(25(31)29-27(2,3)4)30(26(17)32)15-16-11-12-21(33-5)22(13-16)34-6/h7-14,24,28H,15H2,1-6H3,(H,29,31)/b17-7+. The molecule has 2 aromatic carbocycles. The van der Waals surface area contributed by atoms with E-state index in [0.717, 1.165) is 27.6 Å². The molecule has 1 unspecified atom stereocenters. The van der Waals surface area contributed by atoms with E-state index in [9.17, 15) is 9.59 Å². The topological polar surface area (TPSA) is 83.7 Å². The van der Waals surface area contributed by atoms with Crippen LogP contribution < -0.4 is 14.8 Å². The Labute approximate surface area is 199 Å². The van der Waals surface area contributed by atoms with Gasteiger partial charge >= 0.3 is 0 Å². The number of hydrogen-bond donors (Lipinski definition) is 2. The number of carbonyl (C=O) groups is 2. The smallest absolute Gasteiger partial charge is 0.255 e. The Morgan fingerprint density at radius 1 is 1.15 bits per heavy atom. The second-order valence-corrected chi connectivity index (χ2v) is 9.44. The van der Waals surface area contributed by atoms with Crippen LogP contribution in [0.4, 0.5) is 0 Å². The second kappa shape index (κ2) is 8.89. The van der Waals surface area contributed by atoms with Crippen LogP contribution in [0.2, 0.25) is 0 Å². The highest BCUT2D eigenvalue weighted by atomic mass is 16.5. The number of aromatic nitrogens is 1. The maximum Gasteiger partial charge on any atom is 0.255 e. The Hall–Kier alpha value is -3.74. The van der Waals surface area contributed by atoms with Gasteiger partial charge in [0, 0.05) is 40.3 Å². The number of aromatic amines is 1. The summed E-state index contributed by atoms with van der Waals surface area (Å²) in [6.45, 7) is 7.87. The lowest BCUT2D eigenvalue weighted by Crippen LogP contribution is -2.48. The molecular formula is C27H31N3O4. The van der Waals surface area contributed by atoms with Crippen LogP contribution in [0.15, 0.2) is 48.7 Å². The van der Waals surface area contributed by atoms with Gasteiger partial charge in [-0.3, -0.25) is 9.59 Å². The molecule has 178 valence electrons. The van der Waals surface area contributed by atoms with Gasteiger partial charge in [0.25, 0.3) is 5.91 Å². The van der Waals surface area contributed by atoms with Crippen LogP contribution in [0, 0.1) is 0 Å². The molecule has 0 aliphatic carbocycles. The molecule has 4 rings (SSSR count). The van der Waals surface area contributed by atoms with Gasteiger partial charge in [0.05, 0.1) is 14.2 Å². The molecule has 1 aliphatic rings. The molecule has 2 amide bonds. The molecule has 2 N–H and O–H groups in total. The Morgan fingerprint density at radius 2 is 1.88 bits per heavy atom. The highest BCUT2D eigenvalue weighted by molar-refractivity contribution is 6.25. The van der Waals surface area contributed by atoms with Crippen molar-refractivity contribution in [3.05, 3.63) is 65.4 Å². The molecule has 0 fully saturated rings. The first kappa shape index (κ1) is 23.4.